The summed E-state index contributed by atoms with van der Waals surface area (Å²) in [6.45, 7) is 0.258. The van der Waals surface area contributed by atoms with Gasteiger partial charge in [-0.2, -0.15) is 0 Å². The predicted molar refractivity (Wildman–Crippen MR) is 73.2 cm³/mol. The zero-order valence-corrected chi connectivity index (χ0v) is 12.4. The molecule has 1 aliphatic heterocycles. The summed E-state index contributed by atoms with van der Waals surface area (Å²) in [6.07, 6.45) is 0.547. The first kappa shape index (κ1) is 14.5. The second-order valence-corrected chi connectivity index (χ2v) is 7.75. The van der Waals surface area contributed by atoms with Gasteiger partial charge in [-0.25, -0.2) is 12.8 Å². The molecular weight excluding hydrogens is 337 g/mol. The summed E-state index contributed by atoms with van der Waals surface area (Å²) in [6, 6.07) is 4.19. The molecule has 0 saturated carbocycles. The quantitative estimate of drug-likeness (QED) is 0.904. The number of sulfone groups is 1. The molecule has 0 spiro atoms. The van der Waals surface area contributed by atoms with Gasteiger partial charge in [0.1, 0.15) is 5.82 Å². The Kier molecular flexibility index (Phi) is 4.25. The molecular formula is C12H13BrFNO3S. The SMILES string of the molecule is O=C(NCC1CCS(=O)(=O)C1)c1ccc(Br)cc1F. The van der Waals surface area contributed by atoms with Gasteiger partial charge in [0.15, 0.2) is 9.84 Å². The second kappa shape index (κ2) is 5.58. The van der Waals surface area contributed by atoms with E-state index in [1.54, 1.807) is 6.07 Å². The van der Waals surface area contributed by atoms with Crippen molar-refractivity contribution in [1.29, 1.82) is 0 Å². The van der Waals surface area contributed by atoms with Crippen LogP contribution in [-0.4, -0.2) is 32.4 Å². The lowest BCUT2D eigenvalue weighted by atomic mass is 10.1. The van der Waals surface area contributed by atoms with Crippen molar-refractivity contribution in [1.82, 2.24) is 5.32 Å². The Labute approximate surface area is 119 Å². The minimum absolute atomic E-state index is 0.0379. The lowest BCUT2D eigenvalue weighted by Gasteiger charge is -2.10. The highest BCUT2D eigenvalue weighted by Gasteiger charge is 2.28. The molecule has 104 valence electrons. The molecule has 1 atom stereocenters. The number of hydrogen-bond donors (Lipinski definition) is 1. The van der Waals surface area contributed by atoms with E-state index in [0.717, 1.165) is 0 Å². The van der Waals surface area contributed by atoms with E-state index in [1.165, 1.54) is 12.1 Å². The minimum Gasteiger partial charge on any atom is -0.352 e. The molecule has 1 aromatic rings. The highest BCUT2D eigenvalue weighted by Crippen LogP contribution is 2.18. The van der Waals surface area contributed by atoms with E-state index in [-0.39, 0.29) is 29.5 Å². The van der Waals surface area contributed by atoms with Gasteiger partial charge in [-0.1, -0.05) is 15.9 Å². The van der Waals surface area contributed by atoms with Gasteiger partial charge in [0.25, 0.3) is 5.91 Å². The summed E-state index contributed by atoms with van der Waals surface area (Å²) >= 11 is 3.11. The average molecular weight is 350 g/mol. The van der Waals surface area contributed by atoms with Gasteiger partial charge in [-0.3, -0.25) is 4.79 Å². The van der Waals surface area contributed by atoms with Crippen LogP contribution in [0, 0.1) is 11.7 Å². The molecule has 0 aliphatic carbocycles. The highest BCUT2D eigenvalue weighted by molar-refractivity contribution is 9.10. The van der Waals surface area contributed by atoms with Crippen LogP contribution in [0.2, 0.25) is 0 Å². The molecule has 1 heterocycles. The Morgan fingerprint density at radius 3 is 2.79 bits per heavy atom. The first-order valence-electron chi connectivity index (χ1n) is 5.81. The number of carbonyl (C=O) groups excluding carboxylic acids is 1. The number of benzene rings is 1. The Bertz CT molecular complexity index is 603. The summed E-state index contributed by atoms with van der Waals surface area (Å²) in [5, 5.41) is 2.58. The molecule has 19 heavy (non-hydrogen) atoms. The lowest BCUT2D eigenvalue weighted by Crippen LogP contribution is -2.30. The fraction of sp³-hybridized carbons (Fsp3) is 0.417. The predicted octanol–water partition coefficient (Wildman–Crippen LogP) is 1.75. The third-order valence-electron chi connectivity index (χ3n) is 3.05. The van der Waals surface area contributed by atoms with Crippen molar-refractivity contribution in [2.75, 3.05) is 18.1 Å². The molecule has 1 aromatic carbocycles. The van der Waals surface area contributed by atoms with Gasteiger partial charge in [0.2, 0.25) is 0 Å². The minimum atomic E-state index is -2.95. The van der Waals surface area contributed by atoms with E-state index in [1.807, 2.05) is 0 Å². The molecule has 1 N–H and O–H groups in total. The van der Waals surface area contributed by atoms with E-state index in [0.29, 0.717) is 10.9 Å². The summed E-state index contributed by atoms with van der Waals surface area (Å²) < 4.78 is 36.6. The molecule has 0 bridgehead atoms. The number of halogens is 2. The van der Waals surface area contributed by atoms with Gasteiger partial charge in [0.05, 0.1) is 17.1 Å². The van der Waals surface area contributed by atoms with E-state index >= 15 is 0 Å². The number of hydrogen-bond acceptors (Lipinski definition) is 3. The number of carbonyl (C=O) groups is 1. The molecule has 1 fully saturated rings. The molecule has 1 amide bonds. The van der Waals surface area contributed by atoms with Crippen molar-refractivity contribution >= 4 is 31.7 Å². The maximum Gasteiger partial charge on any atom is 0.254 e. The maximum atomic E-state index is 13.5. The Hall–Kier alpha value is -0.950. The van der Waals surface area contributed by atoms with Crippen LogP contribution in [0.15, 0.2) is 22.7 Å². The zero-order chi connectivity index (χ0) is 14.0. The number of rotatable bonds is 3. The smallest absolute Gasteiger partial charge is 0.254 e. The van der Waals surface area contributed by atoms with Crippen molar-refractivity contribution in [3.05, 3.63) is 34.1 Å². The first-order chi connectivity index (χ1) is 8.87. The summed E-state index contributed by atoms with van der Waals surface area (Å²) in [7, 11) is -2.95. The number of amides is 1. The van der Waals surface area contributed by atoms with Crippen molar-refractivity contribution in [2.45, 2.75) is 6.42 Å². The topological polar surface area (TPSA) is 63.2 Å². The highest BCUT2D eigenvalue weighted by atomic mass is 79.9. The van der Waals surface area contributed by atoms with Crippen LogP contribution < -0.4 is 5.32 Å². The van der Waals surface area contributed by atoms with Crippen LogP contribution in [0.25, 0.3) is 0 Å². The fourth-order valence-electron chi connectivity index (χ4n) is 2.04. The van der Waals surface area contributed by atoms with Gasteiger partial charge < -0.3 is 5.32 Å². The largest absolute Gasteiger partial charge is 0.352 e. The lowest BCUT2D eigenvalue weighted by molar-refractivity contribution is 0.0944. The van der Waals surface area contributed by atoms with Gasteiger partial charge in [0, 0.05) is 11.0 Å². The van der Waals surface area contributed by atoms with Crippen molar-refractivity contribution in [2.24, 2.45) is 5.92 Å². The molecule has 7 heteroatoms. The van der Waals surface area contributed by atoms with Gasteiger partial charge in [-0.15, -0.1) is 0 Å². The zero-order valence-electron chi connectivity index (χ0n) is 10.0. The molecule has 2 rings (SSSR count). The molecule has 0 radical (unpaired) electrons. The van der Waals surface area contributed by atoms with E-state index in [9.17, 15) is 17.6 Å². The van der Waals surface area contributed by atoms with Crippen LogP contribution in [0.4, 0.5) is 4.39 Å². The number of nitrogens with one attached hydrogen (secondary N) is 1. The molecule has 1 saturated heterocycles. The molecule has 1 aliphatic rings. The van der Waals surface area contributed by atoms with Crippen molar-refractivity contribution < 1.29 is 17.6 Å². The monoisotopic (exact) mass is 349 g/mol. The maximum absolute atomic E-state index is 13.5. The summed E-state index contributed by atoms with van der Waals surface area (Å²) in [4.78, 5) is 11.8. The van der Waals surface area contributed by atoms with Crippen molar-refractivity contribution in [3.8, 4) is 0 Å². The summed E-state index contributed by atoms with van der Waals surface area (Å²) in [5.74, 6) is -0.941. The summed E-state index contributed by atoms with van der Waals surface area (Å²) in [5.41, 5.74) is -0.0379. The van der Waals surface area contributed by atoms with E-state index in [2.05, 4.69) is 21.2 Å². The Morgan fingerprint density at radius 1 is 1.47 bits per heavy atom. The molecule has 4 nitrogen and oxygen atoms in total. The first-order valence-corrected chi connectivity index (χ1v) is 8.42. The van der Waals surface area contributed by atoms with E-state index in [4.69, 9.17) is 0 Å². The van der Waals surface area contributed by atoms with Crippen LogP contribution >= 0.6 is 15.9 Å². The average Bonchev–Trinajstić information content (AvgIpc) is 2.66. The Morgan fingerprint density at radius 2 is 2.21 bits per heavy atom. The van der Waals surface area contributed by atoms with Gasteiger partial charge in [-0.05, 0) is 30.5 Å². The Balaban J connectivity index is 1.95. The van der Waals surface area contributed by atoms with Crippen LogP contribution in [0.3, 0.4) is 0 Å². The second-order valence-electron chi connectivity index (χ2n) is 4.60. The van der Waals surface area contributed by atoms with Crippen LogP contribution in [0.5, 0.6) is 0 Å². The van der Waals surface area contributed by atoms with Crippen LogP contribution in [0.1, 0.15) is 16.8 Å². The normalized spacial score (nSPS) is 21.3. The standard InChI is InChI=1S/C12H13BrFNO3S/c13-9-1-2-10(11(14)5-9)12(16)15-6-8-3-4-19(17,18)7-8/h1-2,5,8H,3-4,6-7H2,(H,15,16). The fourth-order valence-corrected chi connectivity index (χ4v) is 4.23. The molecule has 1 unspecified atom stereocenters. The van der Waals surface area contributed by atoms with E-state index < -0.39 is 21.6 Å². The van der Waals surface area contributed by atoms with Crippen LogP contribution in [-0.2, 0) is 9.84 Å². The van der Waals surface area contributed by atoms with Crippen molar-refractivity contribution in [3.63, 3.8) is 0 Å². The molecule has 0 aromatic heterocycles. The third-order valence-corrected chi connectivity index (χ3v) is 5.38. The van der Waals surface area contributed by atoms with Gasteiger partial charge >= 0.3 is 0 Å². The third kappa shape index (κ3) is 3.76.